The van der Waals surface area contributed by atoms with Crippen LogP contribution in [0, 0.1) is 0 Å². The molecule has 0 aliphatic rings. The second kappa shape index (κ2) is 10.1. The first-order valence-electron chi connectivity index (χ1n) is 10.7. The number of carboxylic acids is 1. The Balaban J connectivity index is 1.77. The third-order valence-corrected chi connectivity index (χ3v) is 5.50. The SMILES string of the molecule is COC(=O)Cc1nc(-c2ccc(C(=O)O)cc2)c2c(NCc3ccc(OC)cc3OC)nccn12. The Kier molecular flexibility index (Phi) is 6.81. The summed E-state index contributed by atoms with van der Waals surface area (Å²) in [5.41, 5.74) is 2.93. The minimum Gasteiger partial charge on any atom is -0.497 e. The van der Waals surface area contributed by atoms with E-state index in [-0.39, 0.29) is 12.0 Å². The summed E-state index contributed by atoms with van der Waals surface area (Å²) in [4.78, 5) is 32.5. The van der Waals surface area contributed by atoms with Gasteiger partial charge < -0.3 is 24.6 Å². The van der Waals surface area contributed by atoms with E-state index in [0.29, 0.717) is 46.5 Å². The molecule has 0 bridgehead atoms. The van der Waals surface area contributed by atoms with Gasteiger partial charge in [-0.25, -0.2) is 14.8 Å². The number of nitrogens with zero attached hydrogens (tertiary/aromatic N) is 3. The van der Waals surface area contributed by atoms with Crippen molar-refractivity contribution in [3.05, 3.63) is 71.8 Å². The molecule has 2 aromatic carbocycles. The van der Waals surface area contributed by atoms with Gasteiger partial charge in [0.05, 0.1) is 26.9 Å². The molecule has 0 unspecified atom stereocenters. The van der Waals surface area contributed by atoms with E-state index in [1.165, 1.54) is 19.2 Å². The predicted octanol–water partition coefficient (Wildman–Crippen LogP) is 3.44. The first kappa shape index (κ1) is 23.6. The number of anilines is 1. The van der Waals surface area contributed by atoms with Crippen molar-refractivity contribution in [2.45, 2.75) is 13.0 Å². The van der Waals surface area contributed by atoms with Crippen LogP contribution in [-0.2, 0) is 22.5 Å². The number of methoxy groups -OCH3 is 3. The second-order valence-corrected chi connectivity index (χ2v) is 7.54. The van der Waals surface area contributed by atoms with Crippen LogP contribution in [-0.4, -0.2) is 52.7 Å². The maximum absolute atomic E-state index is 12.0. The smallest absolute Gasteiger partial charge is 0.335 e. The fourth-order valence-corrected chi connectivity index (χ4v) is 3.71. The van der Waals surface area contributed by atoms with E-state index in [1.54, 1.807) is 49.2 Å². The highest BCUT2D eigenvalue weighted by Gasteiger charge is 2.20. The number of imidazole rings is 1. The highest BCUT2D eigenvalue weighted by molar-refractivity contribution is 5.90. The second-order valence-electron chi connectivity index (χ2n) is 7.54. The molecular weight excluding hydrogens is 452 g/mol. The van der Waals surface area contributed by atoms with Crippen molar-refractivity contribution in [3.8, 4) is 22.8 Å². The van der Waals surface area contributed by atoms with Crippen molar-refractivity contribution in [2.24, 2.45) is 0 Å². The average molecular weight is 476 g/mol. The van der Waals surface area contributed by atoms with E-state index in [9.17, 15) is 14.7 Å². The summed E-state index contributed by atoms with van der Waals surface area (Å²) in [6, 6.07) is 11.9. The molecule has 180 valence electrons. The standard InChI is InChI=1S/C25H24N4O6/c1-33-18-9-8-17(19(12-18)34-2)14-27-24-23-22(15-4-6-16(7-5-15)25(31)32)28-20(13-21(30)35-3)29(23)11-10-26-24/h4-12H,13-14H2,1-3H3,(H,26,27)(H,31,32). The lowest BCUT2D eigenvalue weighted by Crippen LogP contribution is -2.09. The van der Waals surface area contributed by atoms with E-state index >= 15 is 0 Å². The van der Waals surface area contributed by atoms with Crippen molar-refractivity contribution in [1.29, 1.82) is 0 Å². The lowest BCUT2D eigenvalue weighted by atomic mass is 10.1. The van der Waals surface area contributed by atoms with Crippen molar-refractivity contribution >= 4 is 23.3 Å². The zero-order valence-corrected chi connectivity index (χ0v) is 19.4. The number of aromatic nitrogens is 3. The molecule has 0 spiro atoms. The maximum Gasteiger partial charge on any atom is 0.335 e. The van der Waals surface area contributed by atoms with E-state index in [4.69, 9.17) is 14.2 Å². The number of carbonyl (C=O) groups is 2. The monoisotopic (exact) mass is 476 g/mol. The third kappa shape index (κ3) is 4.86. The number of hydrogen-bond donors (Lipinski definition) is 2. The Bertz CT molecular complexity index is 1380. The minimum absolute atomic E-state index is 0.0410. The topological polar surface area (TPSA) is 124 Å². The normalized spacial score (nSPS) is 10.7. The fraction of sp³-hybridized carbons (Fsp3) is 0.200. The average Bonchev–Trinajstić information content (AvgIpc) is 3.26. The molecule has 0 radical (unpaired) electrons. The van der Waals surface area contributed by atoms with Gasteiger partial charge in [0.1, 0.15) is 35.0 Å². The lowest BCUT2D eigenvalue weighted by molar-refractivity contribution is -0.139. The number of hydrogen-bond acceptors (Lipinski definition) is 8. The van der Waals surface area contributed by atoms with Gasteiger partial charge in [-0.1, -0.05) is 12.1 Å². The number of ether oxygens (including phenoxy) is 3. The van der Waals surface area contributed by atoms with Crippen molar-refractivity contribution in [1.82, 2.24) is 14.4 Å². The summed E-state index contributed by atoms with van der Waals surface area (Å²) in [7, 11) is 4.50. The highest BCUT2D eigenvalue weighted by atomic mass is 16.5. The van der Waals surface area contributed by atoms with Gasteiger partial charge >= 0.3 is 11.9 Å². The van der Waals surface area contributed by atoms with Crippen LogP contribution < -0.4 is 14.8 Å². The van der Waals surface area contributed by atoms with Crippen LogP contribution in [0.4, 0.5) is 5.82 Å². The Hall–Kier alpha value is -4.60. The lowest BCUT2D eigenvalue weighted by Gasteiger charge is -2.13. The number of esters is 1. The van der Waals surface area contributed by atoms with Gasteiger partial charge in [0.2, 0.25) is 0 Å². The molecule has 0 saturated carbocycles. The molecule has 0 atom stereocenters. The van der Waals surface area contributed by atoms with E-state index in [0.717, 1.165) is 5.56 Å². The molecule has 10 nitrogen and oxygen atoms in total. The number of carboxylic acid groups (broad SMARTS) is 1. The zero-order chi connectivity index (χ0) is 24.9. The summed E-state index contributed by atoms with van der Waals surface area (Å²) >= 11 is 0. The summed E-state index contributed by atoms with van der Waals surface area (Å²) in [5, 5.41) is 12.6. The van der Waals surface area contributed by atoms with Crippen LogP contribution in [0.25, 0.3) is 16.8 Å². The summed E-state index contributed by atoms with van der Waals surface area (Å²) < 4.78 is 17.4. The molecule has 35 heavy (non-hydrogen) atoms. The largest absolute Gasteiger partial charge is 0.497 e. The van der Waals surface area contributed by atoms with Gasteiger partial charge in [0.15, 0.2) is 5.82 Å². The minimum atomic E-state index is -1.02. The van der Waals surface area contributed by atoms with Gasteiger partial charge in [-0.3, -0.25) is 9.20 Å². The van der Waals surface area contributed by atoms with Crippen molar-refractivity contribution < 1.29 is 28.9 Å². The molecule has 2 heterocycles. The molecule has 2 N–H and O–H groups in total. The molecule has 0 aliphatic heterocycles. The summed E-state index contributed by atoms with van der Waals surface area (Å²) in [6.45, 7) is 0.398. The van der Waals surface area contributed by atoms with Crippen molar-refractivity contribution in [2.75, 3.05) is 26.6 Å². The van der Waals surface area contributed by atoms with Gasteiger partial charge in [0.25, 0.3) is 0 Å². The molecule has 0 amide bonds. The maximum atomic E-state index is 12.0. The predicted molar refractivity (Wildman–Crippen MR) is 128 cm³/mol. The summed E-state index contributed by atoms with van der Waals surface area (Å²) in [5.74, 6) is 0.895. The van der Waals surface area contributed by atoms with E-state index < -0.39 is 11.9 Å². The van der Waals surface area contributed by atoms with Gasteiger partial charge in [0, 0.05) is 36.1 Å². The Labute approximate surface area is 201 Å². The van der Waals surface area contributed by atoms with Gasteiger partial charge in [-0.2, -0.15) is 0 Å². The summed E-state index contributed by atoms with van der Waals surface area (Å²) in [6.07, 6.45) is 3.29. The Morgan fingerprint density at radius 3 is 2.49 bits per heavy atom. The molecule has 4 rings (SSSR count). The number of nitrogens with one attached hydrogen (secondary N) is 1. The number of rotatable bonds is 9. The van der Waals surface area contributed by atoms with Crippen LogP contribution in [0.2, 0.25) is 0 Å². The first-order valence-corrected chi connectivity index (χ1v) is 10.7. The van der Waals surface area contributed by atoms with Gasteiger partial charge in [-0.05, 0) is 24.3 Å². The van der Waals surface area contributed by atoms with Crippen molar-refractivity contribution in [3.63, 3.8) is 0 Å². The Morgan fingerprint density at radius 2 is 1.83 bits per heavy atom. The Morgan fingerprint density at radius 1 is 1.06 bits per heavy atom. The third-order valence-electron chi connectivity index (χ3n) is 5.50. The number of aromatic carboxylic acids is 1. The first-order chi connectivity index (χ1) is 16.9. The number of benzene rings is 2. The van der Waals surface area contributed by atoms with E-state index in [1.807, 2.05) is 12.1 Å². The highest BCUT2D eigenvalue weighted by Crippen LogP contribution is 2.31. The van der Waals surface area contributed by atoms with Crippen LogP contribution >= 0.6 is 0 Å². The van der Waals surface area contributed by atoms with Crippen LogP contribution in [0.1, 0.15) is 21.7 Å². The quantitative estimate of drug-likeness (QED) is 0.350. The van der Waals surface area contributed by atoms with Gasteiger partial charge in [-0.15, -0.1) is 0 Å². The van der Waals surface area contributed by atoms with Crippen LogP contribution in [0.15, 0.2) is 54.9 Å². The molecule has 0 aliphatic carbocycles. The molecule has 2 aromatic heterocycles. The molecule has 0 fully saturated rings. The number of carbonyl (C=O) groups excluding carboxylic acids is 1. The molecule has 0 saturated heterocycles. The fourth-order valence-electron chi connectivity index (χ4n) is 3.71. The number of fused-ring (bicyclic) bond motifs is 1. The molecular formula is C25H24N4O6. The molecule has 4 aromatic rings. The van der Waals surface area contributed by atoms with E-state index in [2.05, 4.69) is 15.3 Å². The molecule has 10 heteroatoms. The van der Waals surface area contributed by atoms with Crippen LogP contribution in [0.3, 0.4) is 0 Å². The van der Waals surface area contributed by atoms with Crippen LogP contribution in [0.5, 0.6) is 11.5 Å². The zero-order valence-electron chi connectivity index (χ0n) is 19.4.